The predicted octanol–water partition coefficient (Wildman–Crippen LogP) is -0.0486. The standard InChI is InChI=1S/C19H23FN3O10P/c1-10(18(27)28)22-34(30,32-11-5-3-2-4-6-11)33-14(9-24)16-13(25)7-15(31-16)23-8-12(20)17(26)21-19(23)29/h2-6,8,10,13-16,24-25H,7,9H2,1H3,(H,22,30)(H,27,28)(H,21,26,29)/t10-,13-,14+,15+,16-,34-/m0/s1. The van der Waals surface area contributed by atoms with E-state index in [4.69, 9.17) is 13.8 Å². The molecule has 1 aromatic carbocycles. The van der Waals surface area contributed by atoms with Gasteiger partial charge in [0.2, 0.25) is 5.82 Å². The van der Waals surface area contributed by atoms with E-state index in [0.717, 1.165) is 0 Å². The Balaban J connectivity index is 1.84. The van der Waals surface area contributed by atoms with E-state index in [1.165, 1.54) is 19.1 Å². The Kier molecular flexibility index (Phi) is 8.02. The molecular weight excluding hydrogens is 480 g/mol. The summed E-state index contributed by atoms with van der Waals surface area (Å²) in [6, 6.07) is 6.28. The average molecular weight is 503 g/mol. The maximum Gasteiger partial charge on any atom is 0.459 e. The topological polar surface area (TPSA) is 189 Å². The van der Waals surface area contributed by atoms with Crippen molar-refractivity contribution in [2.75, 3.05) is 6.61 Å². The molecule has 1 saturated heterocycles. The van der Waals surface area contributed by atoms with E-state index in [0.29, 0.717) is 10.8 Å². The number of aliphatic hydroxyl groups excluding tert-OH is 2. The van der Waals surface area contributed by atoms with Crippen molar-refractivity contribution >= 4 is 13.7 Å². The SMILES string of the molecule is C[C@H](N[P@](=O)(Oc1ccccc1)O[C@H](CO)[C@H]1O[C@@H](n2cc(F)c(=O)[nH]c2=O)C[C@@H]1O)C(=O)O. The number of carboxylic acid groups (broad SMARTS) is 1. The van der Waals surface area contributed by atoms with Gasteiger partial charge in [-0.1, -0.05) is 18.2 Å². The molecule has 0 spiro atoms. The summed E-state index contributed by atoms with van der Waals surface area (Å²) < 4.78 is 44.1. The lowest BCUT2D eigenvalue weighted by Crippen LogP contribution is -2.42. The number of H-pyrrole nitrogens is 1. The Bertz CT molecular complexity index is 1170. The van der Waals surface area contributed by atoms with Gasteiger partial charge in [0, 0.05) is 6.42 Å². The van der Waals surface area contributed by atoms with Crippen LogP contribution in [0, 0.1) is 5.82 Å². The van der Waals surface area contributed by atoms with E-state index in [1.54, 1.807) is 23.2 Å². The molecule has 0 unspecified atom stereocenters. The second kappa shape index (κ2) is 10.6. The number of carbonyl (C=O) groups is 1. The molecule has 6 atom stereocenters. The molecule has 0 radical (unpaired) electrons. The number of hydrogen-bond donors (Lipinski definition) is 5. The summed E-state index contributed by atoms with van der Waals surface area (Å²) >= 11 is 0. The largest absolute Gasteiger partial charge is 0.480 e. The zero-order valence-corrected chi connectivity index (χ0v) is 18.6. The zero-order valence-electron chi connectivity index (χ0n) is 17.7. The lowest BCUT2D eigenvalue weighted by atomic mass is 10.1. The number of nitrogens with one attached hydrogen (secondary N) is 2. The molecule has 3 rings (SSSR count). The molecule has 2 aromatic rings. The fraction of sp³-hybridized carbons (Fsp3) is 0.421. The third-order valence-electron chi connectivity index (χ3n) is 4.88. The van der Waals surface area contributed by atoms with Crippen molar-refractivity contribution in [3.63, 3.8) is 0 Å². The lowest BCUT2D eigenvalue weighted by molar-refractivity contribution is -0.138. The van der Waals surface area contributed by atoms with Gasteiger partial charge in [0.05, 0.1) is 18.9 Å². The zero-order chi connectivity index (χ0) is 25.0. The smallest absolute Gasteiger partial charge is 0.459 e. The second-order valence-corrected chi connectivity index (χ2v) is 9.07. The monoisotopic (exact) mass is 503 g/mol. The lowest BCUT2D eigenvalue weighted by Gasteiger charge is -2.29. The number of para-hydroxylation sites is 1. The minimum Gasteiger partial charge on any atom is -0.480 e. The number of nitrogens with zero attached hydrogens (tertiary/aromatic N) is 1. The molecule has 2 heterocycles. The van der Waals surface area contributed by atoms with Crippen molar-refractivity contribution in [3.05, 3.63) is 63.2 Å². The number of hydrogen-bond acceptors (Lipinski definition) is 9. The molecule has 0 amide bonds. The molecule has 1 aromatic heterocycles. The van der Waals surface area contributed by atoms with Crippen LogP contribution in [-0.4, -0.2) is 61.8 Å². The van der Waals surface area contributed by atoms with E-state index < -0.39 is 68.0 Å². The highest BCUT2D eigenvalue weighted by Gasteiger charge is 2.45. The first-order chi connectivity index (χ1) is 16.0. The van der Waals surface area contributed by atoms with Crippen LogP contribution < -0.4 is 20.9 Å². The van der Waals surface area contributed by atoms with E-state index in [-0.39, 0.29) is 12.2 Å². The van der Waals surface area contributed by atoms with Crippen LogP contribution in [0.5, 0.6) is 5.75 Å². The van der Waals surface area contributed by atoms with Gasteiger partial charge in [0.25, 0.3) is 5.56 Å². The summed E-state index contributed by atoms with van der Waals surface area (Å²) in [7, 11) is -4.48. The molecule has 186 valence electrons. The predicted molar refractivity (Wildman–Crippen MR) is 113 cm³/mol. The number of aliphatic carboxylic acids is 1. The van der Waals surface area contributed by atoms with Crippen LogP contribution in [0.25, 0.3) is 0 Å². The van der Waals surface area contributed by atoms with E-state index in [2.05, 4.69) is 5.09 Å². The van der Waals surface area contributed by atoms with Crippen molar-refractivity contribution in [1.82, 2.24) is 14.6 Å². The second-order valence-electron chi connectivity index (χ2n) is 7.42. The number of aromatic amines is 1. The highest BCUT2D eigenvalue weighted by atomic mass is 31.2. The highest BCUT2D eigenvalue weighted by Crippen LogP contribution is 2.47. The van der Waals surface area contributed by atoms with Crippen molar-refractivity contribution < 1.29 is 42.9 Å². The van der Waals surface area contributed by atoms with E-state index in [1.807, 2.05) is 0 Å². The summed E-state index contributed by atoms with van der Waals surface area (Å²) in [4.78, 5) is 36.3. The van der Waals surface area contributed by atoms with Gasteiger partial charge in [-0.2, -0.15) is 9.48 Å². The fourth-order valence-corrected chi connectivity index (χ4v) is 4.91. The van der Waals surface area contributed by atoms with Crippen molar-refractivity contribution in [1.29, 1.82) is 0 Å². The number of rotatable bonds is 10. The Morgan fingerprint density at radius 2 is 2.06 bits per heavy atom. The van der Waals surface area contributed by atoms with E-state index >= 15 is 0 Å². The van der Waals surface area contributed by atoms with E-state index in [9.17, 15) is 38.7 Å². The summed E-state index contributed by atoms with van der Waals surface area (Å²) in [6.07, 6.45) is -5.20. The molecule has 0 aliphatic carbocycles. The number of aromatic nitrogens is 2. The number of halogens is 1. The minimum atomic E-state index is -4.48. The molecular formula is C19H23FN3O10P. The number of benzene rings is 1. The Morgan fingerprint density at radius 3 is 2.68 bits per heavy atom. The van der Waals surface area contributed by atoms with Crippen LogP contribution in [0.1, 0.15) is 19.6 Å². The maximum atomic E-state index is 13.7. The molecule has 5 N–H and O–H groups in total. The quantitative estimate of drug-likeness (QED) is 0.273. The van der Waals surface area contributed by atoms with Gasteiger partial charge in [-0.25, -0.2) is 9.36 Å². The first kappa shape index (κ1) is 25.7. The molecule has 15 heteroatoms. The van der Waals surface area contributed by atoms with Gasteiger partial charge in [0.15, 0.2) is 0 Å². The summed E-state index contributed by atoms with van der Waals surface area (Å²) in [5, 5.41) is 31.7. The van der Waals surface area contributed by atoms with Gasteiger partial charge in [-0.3, -0.25) is 23.7 Å². The first-order valence-electron chi connectivity index (χ1n) is 10.0. The molecule has 1 aliphatic rings. The van der Waals surface area contributed by atoms with Gasteiger partial charge >= 0.3 is 19.4 Å². The van der Waals surface area contributed by atoms with Gasteiger partial charge in [-0.05, 0) is 19.1 Å². The van der Waals surface area contributed by atoms with Crippen LogP contribution in [0.2, 0.25) is 0 Å². The third-order valence-corrected chi connectivity index (χ3v) is 6.59. The number of ether oxygens (including phenoxy) is 1. The Hall–Kier alpha value is -2.87. The summed E-state index contributed by atoms with van der Waals surface area (Å²) in [5.41, 5.74) is -2.23. The number of aliphatic hydroxyl groups is 2. The molecule has 0 bridgehead atoms. The Labute approximate surface area is 191 Å². The minimum absolute atomic E-state index is 0.0636. The normalized spacial score (nSPS) is 23.7. The first-order valence-corrected chi connectivity index (χ1v) is 11.6. The maximum absolute atomic E-state index is 13.7. The van der Waals surface area contributed by atoms with Gasteiger partial charge in [0.1, 0.15) is 30.2 Å². The molecule has 0 saturated carbocycles. The Morgan fingerprint density at radius 1 is 1.38 bits per heavy atom. The average Bonchev–Trinajstić information content (AvgIpc) is 3.16. The molecule has 1 aliphatic heterocycles. The van der Waals surface area contributed by atoms with Crippen LogP contribution in [-0.2, 0) is 18.6 Å². The highest BCUT2D eigenvalue weighted by molar-refractivity contribution is 7.52. The molecule has 1 fully saturated rings. The molecule has 34 heavy (non-hydrogen) atoms. The summed E-state index contributed by atoms with van der Waals surface area (Å²) in [6.45, 7) is 0.337. The van der Waals surface area contributed by atoms with Crippen molar-refractivity contribution in [2.45, 2.75) is 43.9 Å². The molecule has 13 nitrogen and oxygen atoms in total. The van der Waals surface area contributed by atoms with Crippen LogP contribution in [0.15, 0.2) is 46.1 Å². The van der Waals surface area contributed by atoms with Gasteiger partial charge < -0.3 is 24.6 Å². The fourth-order valence-electron chi connectivity index (χ4n) is 3.22. The van der Waals surface area contributed by atoms with Crippen molar-refractivity contribution in [3.8, 4) is 5.75 Å². The number of carboxylic acids is 1. The van der Waals surface area contributed by atoms with Crippen molar-refractivity contribution in [2.24, 2.45) is 0 Å². The summed E-state index contributed by atoms with van der Waals surface area (Å²) in [5.74, 6) is -2.56. The van der Waals surface area contributed by atoms with Gasteiger partial charge in [-0.15, -0.1) is 0 Å². The van der Waals surface area contributed by atoms with Crippen LogP contribution >= 0.6 is 7.75 Å². The van der Waals surface area contributed by atoms with Crippen LogP contribution in [0.4, 0.5) is 4.39 Å². The third kappa shape index (κ3) is 5.97. The van der Waals surface area contributed by atoms with Crippen LogP contribution in [0.3, 0.4) is 0 Å².